The molecule has 1 unspecified atom stereocenters. The van der Waals surface area contributed by atoms with E-state index in [1.54, 1.807) is 0 Å². The van der Waals surface area contributed by atoms with Gasteiger partial charge in [0.25, 0.3) is 0 Å². The van der Waals surface area contributed by atoms with Crippen LogP contribution in [0.5, 0.6) is 5.75 Å². The Hall–Kier alpha value is -2.22. The monoisotopic (exact) mass is 401 g/mol. The van der Waals surface area contributed by atoms with Gasteiger partial charge in [0.05, 0.1) is 25.3 Å². The highest BCUT2D eigenvalue weighted by Crippen LogP contribution is 2.25. The molecule has 1 saturated heterocycles. The Bertz CT molecular complexity index is 712. The molecule has 1 atom stereocenters. The Labute approximate surface area is 172 Å². The van der Waals surface area contributed by atoms with Gasteiger partial charge in [0, 0.05) is 64.2 Å². The van der Waals surface area contributed by atoms with Crippen LogP contribution in [0.25, 0.3) is 0 Å². The minimum atomic E-state index is -0.0724. The van der Waals surface area contributed by atoms with Gasteiger partial charge >= 0.3 is 0 Å². The summed E-state index contributed by atoms with van der Waals surface area (Å²) < 4.78 is 5.72. The van der Waals surface area contributed by atoms with E-state index in [2.05, 4.69) is 14.8 Å². The number of rotatable bonds is 9. The first-order valence-corrected chi connectivity index (χ1v) is 10.3. The van der Waals surface area contributed by atoms with Gasteiger partial charge in [-0.3, -0.25) is 19.6 Å². The Kier molecular flexibility index (Phi) is 8.22. The summed E-state index contributed by atoms with van der Waals surface area (Å²) in [6, 6.07) is 9.49. The topological polar surface area (TPSA) is 85.6 Å². The van der Waals surface area contributed by atoms with Crippen LogP contribution in [0.15, 0.2) is 46.7 Å². The van der Waals surface area contributed by atoms with Crippen LogP contribution in [0.2, 0.25) is 0 Å². The molecule has 1 aromatic carbocycles. The average molecular weight is 402 g/mol. The van der Waals surface area contributed by atoms with Crippen molar-refractivity contribution >= 4 is 12.0 Å². The molecule has 3 rings (SSSR count). The number of aliphatic imine (C=N–C) groups is 1. The number of hydrogen-bond acceptors (Lipinski definition) is 7. The number of piperazine rings is 1. The van der Waals surface area contributed by atoms with Gasteiger partial charge in [0.1, 0.15) is 11.5 Å². The molecular formula is C22H31N3O4. The van der Waals surface area contributed by atoms with Gasteiger partial charge in [0.2, 0.25) is 0 Å². The predicted octanol–water partition coefficient (Wildman–Crippen LogP) is 1.54. The van der Waals surface area contributed by atoms with Gasteiger partial charge in [-0.25, -0.2) is 0 Å². The van der Waals surface area contributed by atoms with Crippen molar-refractivity contribution in [3.8, 4) is 5.75 Å². The fraction of sp³-hybridized carbons (Fsp3) is 0.545. The predicted molar refractivity (Wildman–Crippen MR) is 113 cm³/mol. The molecule has 7 nitrogen and oxygen atoms in total. The van der Waals surface area contributed by atoms with Gasteiger partial charge in [0.15, 0.2) is 5.78 Å². The molecule has 1 fully saturated rings. The van der Waals surface area contributed by atoms with Gasteiger partial charge in [-0.05, 0) is 12.1 Å². The first-order chi connectivity index (χ1) is 14.2. The summed E-state index contributed by atoms with van der Waals surface area (Å²) in [6.45, 7) is 6.63. The number of nitrogens with zero attached hydrogens (tertiary/aromatic N) is 3. The van der Waals surface area contributed by atoms with E-state index in [9.17, 15) is 9.90 Å². The number of allylic oxidation sites excluding steroid dienone is 2. The second kappa shape index (κ2) is 11.1. The van der Waals surface area contributed by atoms with Gasteiger partial charge in [-0.15, -0.1) is 0 Å². The summed E-state index contributed by atoms with van der Waals surface area (Å²) in [6.07, 6.45) is 2.34. The summed E-state index contributed by atoms with van der Waals surface area (Å²) in [5.41, 5.74) is 0.341. The lowest BCUT2D eigenvalue weighted by Crippen LogP contribution is -2.47. The third-order valence-corrected chi connectivity index (χ3v) is 5.44. The lowest BCUT2D eigenvalue weighted by molar-refractivity contribution is -0.117. The van der Waals surface area contributed by atoms with E-state index >= 15 is 0 Å². The lowest BCUT2D eigenvalue weighted by Gasteiger charge is -2.33. The number of para-hydroxylation sites is 1. The zero-order valence-electron chi connectivity index (χ0n) is 16.9. The fourth-order valence-corrected chi connectivity index (χ4v) is 3.72. The van der Waals surface area contributed by atoms with E-state index in [0.29, 0.717) is 31.6 Å². The number of hydrogen-bond donors (Lipinski definition) is 2. The maximum Gasteiger partial charge on any atom is 0.168 e. The largest absolute Gasteiger partial charge is 0.511 e. The number of aliphatic hydroxyl groups is 2. The van der Waals surface area contributed by atoms with E-state index in [1.807, 2.05) is 30.3 Å². The van der Waals surface area contributed by atoms with Crippen LogP contribution < -0.4 is 4.74 Å². The molecule has 0 saturated carbocycles. The number of benzene rings is 1. The molecule has 1 aliphatic heterocycles. The molecule has 0 amide bonds. The summed E-state index contributed by atoms with van der Waals surface area (Å²) in [4.78, 5) is 21.4. The van der Waals surface area contributed by atoms with Crippen molar-refractivity contribution in [2.45, 2.75) is 12.8 Å². The molecule has 0 aromatic heterocycles. The number of aliphatic hydroxyl groups excluding tert-OH is 2. The molecule has 1 heterocycles. The summed E-state index contributed by atoms with van der Waals surface area (Å²) in [7, 11) is 0. The van der Waals surface area contributed by atoms with E-state index in [0.717, 1.165) is 45.0 Å². The van der Waals surface area contributed by atoms with Crippen molar-refractivity contribution < 1.29 is 19.7 Å². The lowest BCUT2D eigenvalue weighted by atomic mass is 9.88. The maximum absolute atomic E-state index is 12.4. The van der Waals surface area contributed by atoms with E-state index in [1.165, 1.54) is 6.21 Å². The first-order valence-electron chi connectivity index (χ1n) is 10.3. The number of β-amino-alcohol motifs (C(OH)–C–C–N with tert-alkyl or cyclic N) is 1. The molecule has 2 N–H and O–H groups in total. The van der Waals surface area contributed by atoms with E-state index in [4.69, 9.17) is 9.84 Å². The second-order valence-corrected chi connectivity index (χ2v) is 7.62. The van der Waals surface area contributed by atoms with Gasteiger partial charge in [-0.1, -0.05) is 18.2 Å². The molecule has 0 spiro atoms. The van der Waals surface area contributed by atoms with Crippen LogP contribution in [0.1, 0.15) is 12.8 Å². The van der Waals surface area contributed by atoms with E-state index in [-0.39, 0.29) is 24.1 Å². The normalized spacial score (nSPS) is 21.8. The average Bonchev–Trinajstić information content (AvgIpc) is 2.73. The maximum atomic E-state index is 12.4. The highest BCUT2D eigenvalue weighted by Gasteiger charge is 2.27. The third-order valence-electron chi connectivity index (χ3n) is 5.44. The Balaban J connectivity index is 1.41. The summed E-state index contributed by atoms with van der Waals surface area (Å²) in [5.74, 6) is 0.795. The van der Waals surface area contributed by atoms with Gasteiger partial charge < -0.3 is 14.9 Å². The molecule has 158 valence electrons. The van der Waals surface area contributed by atoms with E-state index < -0.39 is 0 Å². The third kappa shape index (κ3) is 6.66. The quantitative estimate of drug-likeness (QED) is 0.611. The molecule has 2 aliphatic rings. The smallest absolute Gasteiger partial charge is 0.168 e. The van der Waals surface area contributed by atoms with Gasteiger partial charge in [-0.2, -0.15) is 0 Å². The Morgan fingerprint density at radius 1 is 1.07 bits per heavy atom. The highest BCUT2D eigenvalue weighted by molar-refractivity contribution is 6.14. The number of ketones is 1. The number of carbonyl (C=O) groups excluding carboxylic acids is 1. The standard InChI is InChI=1S/C22H31N3O4/c26-13-12-25-10-8-24(9-11-25)7-6-23-16-20-21(27)14-18(15-22(20)28)17-29-19-4-2-1-3-5-19/h1-5,16,18,26-27H,6-15,17H2. The molecule has 1 aromatic rings. The molecule has 1 aliphatic carbocycles. The van der Waals surface area contributed by atoms with Crippen LogP contribution in [-0.2, 0) is 4.79 Å². The van der Waals surface area contributed by atoms with Crippen LogP contribution in [0.4, 0.5) is 0 Å². The summed E-state index contributed by atoms with van der Waals surface area (Å²) in [5, 5.41) is 19.3. The second-order valence-electron chi connectivity index (χ2n) is 7.62. The molecule has 29 heavy (non-hydrogen) atoms. The van der Waals surface area contributed by atoms with Crippen molar-refractivity contribution in [2.24, 2.45) is 10.9 Å². The van der Waals surface area contributed by atoms with Crippen molar-refractivity contribution in [3.05, 3.63) is 41.7 Å². The van der Waals surface area contributed by atoms with Crippen LogP contribution in [0.3, 0.4) is 0 Å². The number of ether oxygens (including phenoxy) is 1. The zero-order chi connectivity index (χ0) is 20.5. The molecule has 7 heteroatoms. The van der Waals surface area contributed by atoms with Crippen molar-refractivity contribution in [3.63, 3.8) is 0 Å². The van der Waals surface area contributed by atoms with Crippen LogP contribution >= 0.6 is 0 Å². The minimum Gasteiger partial charge on any atom is -0.511 e. The van der Waals surface area contributed by atoms with Crippen molar-refractivity contribution in [1.29, 1.82) is 0 Å². The SMILES string of the molecule is O=C1CC(COc2ccccc2)CC(O)=C1C=NCCN1CCN(CCO)CC1. The molecule has 0 bridgehead atoms. The fourth-order valence-electron chi connectivity index (χ4n) is 3.72. The van der Waals surface area contributed by atoms with Crippen LogP contribution in [0, 0.1) is 5.92 Å². The number of carbonyl (C=O) groups is 1. The molecular weight excluding hydrogens is 370 g/mol. The van der Waals surface area contributed by atoms with Crippen LogP contribution in [-0.4, -0.2) is 91.0 Å². The zero-order valence-corrected chi connectivity index (χ0v) is 16.9. The molecule has 0 radical (unpaired) electrons. The Morgan fingerprint density at radius 3 is 2.41 bits per heavy atom. The summed E-state index contributed by atoms with van der Waals surface area (Å²) >= 11 is 0. The number of Topliss-reactive ketones (excluding diaryl/α,β-unsaturated/α-hetero) is 1. The van der Waals surface area contributed by atoms with Crippen molar-refractivity contribution in [2.75, 3.05) is 59.0 Å². The highest BCUT2D eigenvalue weighted by atomic mass is 16.5. The first kappa shape index (κ1) is 21.5. The minimum absolute atomic E-state index is 0.0185. The Morgan fingerprint density at radius 2 is 1.76 bits per heavy atom. The van der Waals surface area contributed by atoms with Crippen molar-refractivity contribution in [1.82, 2.24) is 9.80 Å².